The molecule has 0 radical (unpaired) electrons. The molecule has 12 aromatic rings. The second-order valence-electron chi connectivity index (χ2n) is 34.6. The van der Waals surface area contributed by atoms with Gasteiger partial charge in [-0.2, -0.15) is 5.26 Å². The number of nitrogens with one attached hydrogen (secondary N) is 2. The number of ether oxygens (including phenoxy) is 2. The first-order chi connectivity index (χ1) is 60.3. The van der Waals surface area contributed by atoms with Crippen molar-refractivity contribution in [2.24, 2.45) is 17.2 Å². The van der Waals surface area contributed by atoms with E-state index in [1.165, 1.54) is 60.8 Å². The molecular weight excluding hydrogens is 1690 g/mol. The number of alkyl carbamates (subject to hydrolysis) is 2. The van der Waals surface area contributed by atoms with Crippen LogP contribution in [0.1, 0.15) is 111 Å². The number of piperazine rings is 3. The number of halogens is 6. The summed E-state index contributed by atoms with van der Waals surface area (Å²) in [5, 5.41) is 23.6. The van der Waals surface area contributed by atoms with E-state index in [1.54, 1.807) is 0 Å². The SMILES string of the molecule is CC(C)(C)OC(=O)NCCCn1cc(-c2ccccc2C#N)c2cc(CN3CCN(Cc4c(Cl)cccc4Cl)CC3)ccc21.CC(C)(C)OC(=O)NCCCn1cc(-c2ccccc2CN)c2cc(CN3CCN(Cc4c(Cl)cccc4Cl)CC3)ccc21.NCCCn1cc(-c2ccccc2CN)c2cc(CN3CCN(Cc4c(Cl)cccc4Cl)CC3)ccc21. The first kappa shape index (κ1) is 93.6. The Morgan fingerprint density at radius 2 is 0.656 bits per heavy atom. The molecule has 0 atom stereocenters. The van der Waals surface area contributed by atoms with E-state index in [4.69, 9.17) is 96.3 Å². The number of carbonyl (C=O) groups excluding carboxylic acids is 2. The van der Waals surface area contributed by atoms with Crippen LogP contribution in [0.5, 0.6) is 0 Å². The maximum Gasteiger partial charge on any atom is 0.407 e. The normalized spacial score (nSPS) is 14.7. The van der Waals surface area contributed by atoms with Gasteiger partial charge in [0, 0.05) is 284 Å². The number of hydrogen-bond donors (Lipinski definition) is 5. The monoisotopic (exact) mass is 1800 g/mol. The fraction of sp³-hybridized carbons (Fsp3) is 0.370. The minimum Gasteiger partial charge on any atom is -0.444 e. The summed E-state index contributed by atoms with van der Waals surface area (Å²) in [5.74, 6) is 0. The molecular formula is C100H117Cl6N15O4. The fourth-order valence-corrected chi connectivity index (χ4v) is 18.4. The van der Waals surface area contributed by atoms with Gasteiger partial charge in [-0.25, -0.2) is 9.59 Å². The van der Waals surface area contributed by atoms with Crippen molar-refractivity contribution < 1.29 is 19.1 Å². The molecule has 3 aromatic heterocycles. The Hall–Kier alpha value is -8.99. The summed E-state index contributed by atoms with van der Waals surface area (Å²) in [6.07, 6.45) is 8.33. The van der Waals surface area contributed by atoms with Crippen LogP contribution in [0.15, 0.2) is 201 Å². The van der Waals surface area contributed by atoms with Gasteiger partial charge in [0.2, 0.25) is 0 Å². The number of nitriles is 1. The Morgan fingerprint density at radius 1 is 0.368 bits per heavy atom. The van der Waals surface area contributed by atoms with Crippen LogP contribution in [0.2, 0.25) is 30.1 Å². The molecule has 6 heterocycles. The van der Waals surface area contributed by atoms with Crippen molar-refractivity contribution in [3.8, 4) is 39.4 Å². The summed E-state index contributed by atoms with van der Waals surface area (Å²) in [6.45, 7) is 33.0. The first-order valence-electron chi connectivity index (χ1n) is 43.5. The molecule has 0 spiro atoms. The smallest absolute Gasteiger partial charge is 0.407 e. The largest absolute Gasteiger partial charge is 0.444 e. The van der Waals surface area contributed by atoms with Crippen molar-refractivity contribution in [2.45, 2.75) is 144 Å². The van der Waals surface area contributed by atoms with Gasteiger partial charge in [0.15, 0.2) is 0 Å². The van der Waals surface area contributed by atoms with E-state index in [0.717, 1.165) is 227 Å². The molecule has 0 saturated carbocycles. The van der Waals surface area contributed by atoms with E-state index >= 15 is 0 Å². The van der Waals surface area contributed by atoms with Crippen LogP contribution >= 0.6 is 69.6 Å². The maximum atomic E-state index is 12.1. The van der Waals surface area contributed by atoms with Crippen LogP contribution in [0, 0.1) is 11.3 Å². The van der Waals surface area contributed by atoms with Crippen molar-refractivity contribution in [3.05, 3.63) is 281 Å². The lowest BCUT2D eigenvalue weighted by Gasteiger charge is -2.35. The highest BCUT2D eigenvalue weighted by Gasteiger charge is 2.27. The average molecular weight is 1810 g/mol. The lowest BCUT2D eigenvalue weighted by molar-refractivity contribution is 0.0515. The van der Waals surface area contributed by atoms with Gasteiger partial charge in [-0.3, -0.25) is 29.4 Å². The summed E-state index contributed by atoms with van der Waals surface area (Å²) in [4.78, 5) is 39.0. The molecule has 0 aliphatic carbocycles. The number of aromatic nitrogens is 3. The van der Waals surface area contributed by atoms with Gasteiger partial charge in [0.05, 0.1) is 11.6 Å². The van der Waals surface area contributed by atoms with E-state index in [9.17, 15) is 14.9 Å². The lowest BCUT2D eigenvalue weighted by Crippen LogP contribution is -2.45. The summed E-state index contributed by atoms with van der Waals surface area (Å²) < 4.78 is 17.6. The predicted molar refractivity (Wildman–Crippen MR) is 515 cm³/mol. The molecule has 2 amide bonds. The number of amides is 2. The van der Waals surface area contributed by atoms with Gasteiger partial charge in [-0.1, -0.05) is 173 Å². The van der Waals surface area contributed by atoms with Crippen LogP contribution in [0.25, 0.3) is 66.1 Å². The van der Waals surface area contributed by atoms with Crippen molar-refractivity contribution in [1.82, 2.24) is 53.7 Å². The average Bonchev–Trinajstić information content (AvgIpc) is 1.63. The minimum absolute atomic E-state index is 0.384. The zero-order valence-electron chi connectivity index (χ0n) is 72.7. The van der Waals surface area contributed by atoms with Gasteiger partial charge in [-0.05, 0) is 185 Å². The quantitative estimate of drug-likeness (QED) is 0.0289. The fourth-order valence-electron chi connectivity index (χ4n) is 16.8. The van der Waals surface area contributed by atoms with E-state index in [0.29, 0.717) is 48.3 Å². The number of carbonyl (C=O) groups is 2. The van der Waals surface area contributed by atoms with E-state index in [-0.39, 0.29) is 6.09 Å². The Balaban J connectivity index is 0.000000162. The molecule has 658 valence electrons. The molecule has 0 unspecified atom stereocenters. The Bertz CT molecular complexity index is 5650. The third-order valence-corrected chi connectivity index (χ3v) is 25.4. The Morgan fingerprint density at radius 3 is 0.960 bits per heavy atom. The molecule has 125 heavy (non-hydrogen) atoms. The third kappa shape index (κ3) is 25.3. The van der Waals surface area contributed by atoms with E-state index < -0.39 is 17.3 Å². The third-order valence-electron chi connectivity index (χ3n) is 23.3. The number of hydrogen-bond acceptors (Lipinski definition) is 14. The summed E-state index contributed by atoms with van der Waals surface area (Å²) >= 11 is 38.5. The van der Waals surface area contributed by atoms with Crippen LogP contribution in [0.4, 0.5) is 9.59 Å². The van der Waals surface area contributed by atoms with Crippen molar-refractivity contribution in [2.75, 3.05) is 98.2 Å². The standard InChI is InChI=1S/C35H43Cl2N5O2.C35H39Cl2N5O2.C30H35Cl2N5/c2*1-35(2,3)44-34(43)39-14-7-15-42-24-29(27-9-5-4-8-26(27)21-38)28-20-25(12-13-33(28)42)22-40-16-18-41(19-17-40)23-30-31(36)10-6-11-32(30)37;31-28-7-3-8-29(32)27(28)20-36-15-13-35(14-16-36)19-22-9-10-30-25(17-22)26(21-37(30)12-4-11-33)24-6-2-1-5-23(24)18-34/h4-6,8-13,20,24H,7,14-19,21-23,38H2,1-3H3,(H,39,43);4-6,8-13,20,24H,7,14-19,22-23H2,1-3H3,(H,39,43);1-3,5-10,17,21H,4,11-16,18-20,33-34H2. The Labute approximate surface area is 766 Å². The lowest BCUT2D eigenvalue weighted by atomic mass is 9.98. The minimum atomic E-state index is -0.528. The molecule has 9 aromatic carbocycles. The topological polar surface area (TPSA) is 213 Å². The highest BCUT2D eigenvalue weighted by atomic mass is 35.5. The second kappa shape index (κ2) is 44.2. The molecule has 3 saturated heterocycles. The van der Waals surface area contributed by atoms with Crippen molar-refractivity contribution in [1.29, 1.82) is 5.26 Å². The van der Waals surface area contributed by atoms with Gasteiger partial charge < -0.3 is 51.0 Å². The highest BCUT2D eigenvalue weighted by Crippen LogP contribution is 2.39. The molecule has 3 aliphatic heterocycles. The molecule has 3 fully saturated rings. The number of fused-ring (bicyclic) bond motifs is 3. The molecule has 8 N–H and O–H groups in total. The second-order valence-corrected chi connectivity index (χ2v) is 37.1. The summed E-state index contributed by atoms with van der Waals surface area (Å²) in [5.41, 5.74) is 37.2. The molecule has 15 rings (SSSR count). The van der Waals surface area contributed by atoms with Gasteiger partial charge in [-0.15, -0.1) is 0 Å². The van der Waals surface area contributed by atoms with Crippen LogP contribution in [-0.2, 0) is 81.5 Å². The molecule has 3 aliphatic rings. The number of rotatable bonds is 28. The number of nitrogens with two attached hydrogens (primary N) is 3. The maximum absolute atomic E-state index is 12.1. The van der Waals surface area contributed by atoms with E-state index in [2.05, 4.69) is 175 Å². The van der Waals surface area contributed by atoms with Crippen LogP contribution in [-0.4, -0.2) is 165 Å². The number of benzene rings is 9. The van der Waals surface area contributed by atoms with Crippen molar-refractivity contribution >= 4 is 115 Å². The number of aryl methyl sites for hydroxylation is 3. The number of nitrogens with zero attached hydrogens (tertiary/aromatic N) is 10. The van der Waals surface area contributed by atoms with Gasteiger partial charge in [0.1, 0.15) is 11.2 Å². The Kier molecular flexibility index (Phi) is 33.1. The summed E-state index contributed by atoms with van der Waals surface area (Å²) in [7, 11) is 0. The molecule has 25 heteroatoms. The zero-order chi connectivity index (χ0) is 88.3. The zero-order valence-corrected chi connectivity index (χ0v) is 77.2. The van der Waals surface area contributed by atoms with Crippen LogP contribution in [0.3, 0.4) is 0 Å². The highest BCUT2D eigenvalue weighted by molar-refractivity contribution is 6.37. The predicted octanol–water partition coefficient (Wildman–Crippen LogP) is 20.8. The van der Waals surface area contributed by atoms with Gasteiger partial charge in [0.25, 0.3) is 0 Å². The van der Waals surface area contributed by atoms with Crippen LogP contribution < -0.4 is 27.8 Å². The molecule has 19 nitrogen and oxygen atoms in total. The first-order valence-corrected chi connectivity index (χ1v) is 45.7. The van der Waals surface area contributed by atoms with Gasteiger partial charge >= 0.3 is 12.2 Å². The van der Waals surface area contributed by atoms with Crippen molar-refractivity contribution in [3.63, 3.8) is 0 Å². The summed E-state index contributed by atoms with van der Waals surface area (Å²) in [6, 6.07) is 64.4. The van der Waals surface area contributed by atoms with E-state index in [1.807, 2.05) is 126 Å². The molecule has 0 bridgehead atoms.